The topological polar surface area (TPSA) is 40.5 Å². The molecular formula is C11H20O2. The van der Waals surface area contributed by atoms with E-state index in [1.807, 2.05) is 0 Å². The van der Waals surface area contributed by atoms with Gasteiger partial charge in [-0.25, -0.2) is 0 Å². The summed E-state index contributed by atoms with van der Waals surface area (Å²) in [6.45, 7) is 2.24. The highest BCUT2D eigenvalue weighted by atomic mass is 16.3. The molecule has 4 atom stereocenters. The van der Waals surface area contributed by atoms with E-state index in [2.05, 4.69) is 6.92 Å². The molecule has 0 bridgehead atoms. The van der Waals surface area contributed by atoms with Crippen LogP contribution in [0.4, 0.5) is 0 Å². The molecular weight excluding hydrogens is 164 g/mol. The van der Waals surface area contributed by atoms with Crippen LogP contribution >= 0.6 is 0 Å². The smallest absolute Gasteiger partial charge is 0.0598 e. The molecule has 2 aliphatic rings. The lowest BCUT2D eigenvalue weighted by molar-refractivity contribution is -0.0922. The van der Waals surface area contributed by atoms with Gasteiger partial charge in [0, 0.05) is 0 Å². The highest BCUT2D eigenvalue weighted by molar-refractivity contribution is 4.96. The Labute approximate surface area is 80.0 Å². The number of aliphatic hydroxyl groups is 2. The number of fused-ring (bicyclic) bond motifs is 1. The highest BCUT2D eigenvalue weighted by Crippen LogP contribution is 2.49. The van der Waals surface area contributed by atoms with Crippen molar-refractivity contribution in [1.29, 1.82) is 0 Å². The number of aliphatic hydroxyl groups excluding tert-OH is 2. The summed E-state index contributed by atoms with van der Waals surface area (Å²) >= 11 is 0. The van der Waals surface area contributed by atoms with E-state index in [0.717, 1.165) is 12.8 Å². The average molecular weight is 184 g/mol. The number of rotatable bonds is 0. The van der Waals surface area contributed by atoms with Crippen LogP contribution in [0.25, 0.3) is 0 Å². The molecule has 2 aliphatic carbocycles. The molecule has 4 unspecified atom stereocenters. The molecule has 2 nitrogen and oxygen atoms in total. The molecule has 76 valence electrons. The van der Waals surface area contributed by atoms with E-state index < -0.39 is 0 Å². The molecule has 2 heteroatoms. The minimum Gasteiger partial charge on any atom is -0.393 e. The zero-order valence-corrected chi connectivity index (χ0v) is 8.37. The van der Waals surface area contributed by atoms with E-state index in [4.69, 9.17) is 0 Å². The van der Waals surface area contributed by atoms with Crippen molar-refractivity contribution >= 4 is 0 Å². The second-order valence-electron chi connectivity index (χ2n) is 5.17. The van der Waals surface area contributed by atoms with Crippen molar-refractivity contribution in [2.75, 3.05) is 0 Å². The number of hydrogen-bond donors (Lipinski definition) is 2. The van der Waals surface area contributed by atoms with E-state index in [1.165, 1.54) is 19.3 Å². The molecule has 13 heavy (non-hydrogen) atoms. The van der Waals surface area contributed by atoms with Gasteiger partial charge in [-0.1, -0.05) is 19.8 Å². The summed E-state index contributed by atoms with van der Waals surface area (Å²) in [5.41, 5.74) is 0.218. The first-order chi connectivity index (χ1) is 6.12. The fourth-order valence-electron chi connectivity index (χ4n) is 3.40. The molecule has 2 N–H and O–H groups in total. The van der Waals surface area contributed by atoms with Gasteiger partial charge in [0.05, 0.1) is 12.2 Å². The third-order valence-corrected chi connectivity index (χ3v) is 4.09. The van der Waals surface area contributed by atoms with Crippen molar-refractivity contribution in [2.45, 2.75) is 57.7 Å². The van der Waals surface area contributed by atoms with Crippen LogP contribution in [0.15, 0.2) is 0 Å². The Morgan fingerprint density at radius 3 is 2.77 bits per heavy atom. The van der Waals surface area contributed by atoms with Gasteiger partial charge in [-0.2, -0.15) is 0 Å². The molecule has 0 aromatic carbocycles. The molecule has 0 aromatic rings. The largest absolute Gasteiger partial charge is 0.393 e. The molecule has 0 heterocycles. The van der Waals surface area contributed by atoms with Crippen LogP contribution in [-0.4, -0.2) is 22.4 Å². The predicted octanol–water partition coefficient (Wildman–Crippen LogP) is 1.70. The fraction of sp³-hybridized carbons (Fsp3) is 1.00. The molecule has 2 saturated carbocycles. The Hall–Kier alpha value is -0.0800. The molecule has 0 amide bonds. The minimum atomic E-state index is -0.269. The van der Waals surface area contributed by atoms with Crippen LogP contribution in [0.3, 0.4) is 0 Å². The van der Waals surface area contributed by atoms with Crippen molar-refractivity contribution in [1.82, 2.24) is 0 Å². The van der Waals surface area contributed by atoms with Crippen molar-refractivity contribution in [3.8, 4) is 0 Å². The van der Waals surface area contributed by atoms with E-state index in [9.17, 15) is 10.2 Å². The van der Waals surface area contributed by atoms with Crippen LogP contribution in [-0.2, 0) is 0 Å². The van der Waals surface area contributed by atoms with Crippen LogP contribution in [0.5, 0.6) is 0 Å². The van der Waals surface area contributed by atoms with Gasteiger partial charge >= 0.3 is 0 Å². The van der Waals surface area contributed by atoms with Crippen LogP contribution in [0.1, 0.15) is 45.4 Å². The van der Waals surface area contributed by atoms with Gasteiger partial charge in [-0.15, -0.1) is 0 Å². The summed E-state index contributed by atoms with van der Waals surface area (Å²) in [4.78, 5) is 0. The monoisotopic (exact) mass is 184 g/mol. The third kappa shape index (κ3) is 1.62. The minimum absolute atomic E-state index is 0.218. The van der Waals surface area contributed by atoms with Crippen LogP contribution in [0, 0.1) is 11.3 Å². The molecule has 2 fully saturated rings. The van der Waals surface area contributed by atoms with Gasteiger partial charge in [-0.05, 0) is 37.0 Å². The Balaban J connectivity index is 2.15. The first-order valence-corrected chi connectivity index (χ1v) is 5.48. The standard InChI is InChI=1S/C11H20O2/c1-11-5-3-2-4-9(11)10(13)6-8(12)7-11/h8-10,12-13H,2-7H2,1H3. The zero-order valence-electron chi connectivity index (χ0n) is 8.37. The highest BCUT2D eigenvalue weighted by Gasteiger charge is 2.45. The summed E-state index contributed by atoms with van der Waals surface area (Å²) in [6.07, 6.45) is 5.84. The maximum absolute atomic E-state index is 9.88. The van der Waals surface area contributed by atoms with Crippen molar-refractivity contribution in [3.63, 3.8) is 0 Å². The van der Waals surface area contributed by atoms with Crippen LogP contribution in [0.2, 0.25) is 0 Å². The van der Waals surface area contributed by atoms with Gasteiger partial charge in [0.2, 0.25) is 0 Å². The first kappa shape index (κ1) is 9.47. The lowest BCUT2D eigenvalue weighted by atomic mass is 9.59. The predicted molar refractivity (Wildman–Crippen MR) is 51.3 cm³/mol. The molecule has 0 aromatic heterocycles. The second-order valence-corrected chi connectivity index (χ2v) is 5.17. The lowest BCUT2D eigenvalue weighted by Gasteiger charge is -2.49. The Morgan fingerprint density at radius 2 is 2.00 bits per heavy atom. The maximum Gasteiger partial charge on any atom is 0.0598 e. The summed E-state index contributed by atoms with van der Waals surface area (Å²) < 4.78 is 0. The zero-order chi connectivity index (χ0) is 9.47. The molecule has 2 rings (SSSR count). The summed E-state index contributed by atoms with van der Waals surface area (Å²) in [5.74, 6) is 0.449. The van der Waals surface area contributed by atoms with Gasteiger partial charge in [-0.3, -0.25) is 0 Å². The van der Waals surface area contributed by atoms with E-state index in [0.29, 0.717) is 12.3 Å². The lowest BCUT2D eigenvalue weighted by Crippen LogP contribution is -2.47. The first-order valence-electron chi connectivity index (χ1n) is 5.48. The van der Waals surface area contributed by atoms with Gasteiger partial charge < -0.3 is 10.2 Å². The van der Waals surface area contributed by atoms with E-state index in [1.54, 1.807) is 0 Å². The van der Waals surface area contributed by atoms with E-state index >= 15 is 0 Å². The Bertz CT molecular complexity index is 193. The second kappa shape index (κ2) is 3.25. The van der Waals surface area contributed by atoms with Crippen molar-refractivity contribution in [3.05, 3.63) is 0 Å². The maximum atomic E-state index is 9.88. The van der Waals surface area contributed by atoms with Crippen molar-refractivity contribution < 1.29 is 10.2 Å². The van der Waals surface area contributed by atoms with Gasteiger partial charge in [0.1, 0.15) is 0 Å². The Kier molecular flexibility index (Phi) is 2.37. The molecule has 0 radical (unpaired) electrons. The number of hydrogen-bond acceptors (Lipinski definition) is 2. The van der Waals surface area contributed by atoms with Gasteiger partial charge in [0.15, 0.2) is 0 Å². The Morgan fingerprint density at radius 1 is 1.23 bits per heavy atom. The van der Waals surface area contributed by atoms with E-state index in [-0.39, 0.29) is 17.6 Å². The summed E-state index contributed by atoms with van der Waals surface area (Å²) in [6, 6.07) is 0. The van der Waals surface area contributed by atoms with Gasteiger partial charge in [0.25, 0.3) is 0 Å². The molecule has 0 saturated heterocycles. The third-order valence-electron chi connectivity index (χ3n) is 4.09. The average Bonchev–Trinajstić information content (AvgIpc) is 2.01. The quantitative estimate of drug-likeness (QED) is 0.601. The fourth-order valence-corrected chi connectivity index (χ4v) is 3.40. The van der Waals surface area contributed by atoms with Crippen LogP contribution < -0.4 is 0 Å². The van der Waals surface area contributed by atoms with Crippen molar-refractivity contribution in [2.24, 2.45) is 11.3 Å². The molecule has 0 spiro atoms. The summed E-state index contributed by atoms with van der Waals surface area (Å²) in [7, 11) is 0. The molecule has 0 aliphatic heterocycles. The normalized spacial score (nSPS) is 51.5. The SMILES string of the molecule is CC12CCCCC1C(O)CC(O)C2. The summed E-state index contributed by atoms with van der Waals surface area (Å²) in [5, 5.41) is 19.5.